The second-order valence-corrected chi connectivity index (χ2v) is 5.39. The average molecular weight is 285 g/mol. The lowest BCUT2D eigenvalue weighted by atomic mass is 9.71. The zero-order chi connectivity index (χ0) is 15.2. The average Bonchev–Trinajstić information content (AvgIpc) is 2.39. The molecule has 1 saturated carbocycles. The van der Waals surface area contributed by atoms with Gasteiger partial charge in [0.15, 0.2) is 0 Å². The first-order chi connectivity index (χ1) is 9.40. The molecule has 6 nitrogen and oxygen atoms in total. The van der Waals surface area contributed by atoms with Crippen molar-refractivity contribution in [2.45, 2.75) is 58.4 Å². The summed E-state index contributed by atoms with van der Waals surface area (Å²) in [6.07, 6.45) is 3.05. The number of amides is 1. The van der Waals surface area contributed by atoms with Crippen molar-refractivity contribution >= 4 is 17.8 Å². The summed E-state index contributed by atoms with van der Waals surface area (Å²) in [7, 11) is 0. The molecule has 0 heterocycles. The van der Waals surface area contributed by atoms with Crippen LogP contribution in [0.4, 0.5) is 0 Å². The number of carboxylic acids is 1. The lowest BCUT2D eigenvalue weighted by Crippen LogP contribution is -2.52. The Labute approximate surface area is 118 Å². The number of hydrogen-bond acceptors (Lipinski definition) is 4. The number of rotatable bonds is 6. The first-order valence-corrected chi connectivity index (χ1v) is 7.08. The van der Waals surface area contributed by atoms with Crippen molar-refractivity contribution in [3.05, 3.63) is 0 Å². The molecule has 1 aliphatic carbocycles. The van der Waals surface area contributed by atoms with E-state index in [0.717, 1.165) is 12.8 Å². The molecule has 0 aromatic carbocycles. The Morgan fingerprint density at radius 3 is 2.60 bits per heavy atom. The van der Waals surface area contributed by atoms with Crippen molar-refractivity contribution in [2.24, 2.45) is 5.41 Å². The summed E-state index contributed by atoms with van der Waals surface area (Å²) in [6.45, 7) is 3.67. The van der Waals surface area contributed by atoms with Gasteiger partial charge >= 0.3 is 11.9 Å². The molecule has 114 valence electrons. The number of carbonyl (C=O) groups excluding carboxylic acids is 2. The highest BCUT2D eigenvalue weighted by Crippen LogP contribution is 2.36. The van der Waals surface area contributed by atoms with Crippen LogP contribution in [0.2, 0.25) is 0 Å². The fourth-order valence-corrected chi connectivity index (χ4v) is 2.54. The molecular weight excluding hydrogens is 262 g/mol. The summed E-state index contributed by atoms with van der Waals surface area (Å²) in [5.41, 5.74) is -0.919. The van der Waals surface area contributed by atoms with Gasteiger partial charge in [-0.2, -0.15) is 0 Å². The molecule has 0 bridgehead atoms. The van der Waals surface area contributed by atoms with E-state index in [1.165, 1.54) is 0 Å². The molecule has 0 radical (unpaired) electrons. The third kappa shape index (κ3) is 4.21. The number of aliphatic carboxylic acids is 1. The topological polar surface area (TPSA) is 92.7 Å². The lowest BCUT2D eigenvalue weighted by molar-refractivity contribution is -0.152. The molecule has 0 saturated heterocycles. The number of hydrogen-bond donors (Lipinski definition) is 2. The first kappa shape index (κ1) is 16.5. The van der Waals surface area contributed by atoms with Crippen LogP contribution in [0.25, 0.3) is 0 Å². The predicted molar refractivity (Wildman–Crippen MR) is 72.0 cm³/mol. The summed E-state index contributed by atoms with van der Waals surface area (Å²) in [5.74, 6) is -1.59. The molecule has 0 aromatic rings. The first-order valence-electron chi connectivity index (χ1n) is 7.08. The van der Waals surface area contributed by atoms with Crippen LogP contribution >= 0.6 is 0 Å². The molecule has 1 aliphatic rings. The highest BCUT2D eigenvalue weighted by molar-refractivity contribution is 5.83. The van der Waals surface area contributed by atoms with Crippen LogP contribution in [0.1, 0.15) is 52.4 Å². The normalized spacial score (nSPS) is 25.8. The molecule has 0 spiro atoms. The van der Waals surface area contributed by atoms with Crippen LogP contribution in [-0.4, -0.2) is 35.6 Å². The smallest absolute Gasteiger partial charge is 0.311 e. The second-order valence-electron chi connectivity index (χ2n) is 5.39. The number of nitrogens with one attached hydrogen (secondary N) is 1. The largest absolute Gasteiger partial charge is 0.481 e. The summed E-state index contributed by atoms with van der Waals surface area (Å²) >= 11 is 0. The quantitative estimate of drug-likeness (QED) is 0.721. The van der Waals surface area contributed by atoms with E-state index in [1.807, 2.05) is 0 Å². The third-order valence-corrected chi connectivity index (χ3v) is 3.89. The van der Waals surface area contributed by atoms with Crippen LogP contribution in [0.3, 0.4) is 0 Å². The highest BCUT2D eigenvalue weighted by Gasteiger charge is 2.43. The molecule has 1 fully saturated rings. The molecule has 1 amide bonds. The number of carboxylic acid groups (broad SMARTS) is 1. The summed E-state index contributed by atoms with van der Waals surface area (Å²) in [6, 6.07) is -0.372. The molecule has 6 heteroatoms. The Balaban J connectivity index is 2.51. The maximum atomic E-state index is 11.8. The van der Waals surface area contributed by atoms with E-state index in [2.05, 4.69) is 5.32 Å². The minimum absolute atomic E-state index is 0.0240. The van der Waals surface area contributed by atoms with Gasteiger partial charge in [0, 0.05) is 12.5 Å². The minimum Gasteiger partial charge on any atom is -0.481 e. The molecule has 20 heavy (non-hydrogen) atoms. The maximum Gasteiger partial charge on any atom is 0.311 e. The van der Waals surface area contributed by atoms with Crippen molar-refractivity contribution in [3.63, 3.8) is 0 Å². The van der Waals surface area contributed by atoms with E-state index in [-0.39, 0.29) is 24.8 Å². The minimum atomic E-state index is -0.919. The van der Waals surface area contributed by atoms with Gasteiger partial charge in [0.05, 0.1) is 18.4 Å². The Hall–Kier alpha value is -1.59. The predicted octanol–water partition coefficient (Wildman–Crippen LogP) is 1.48. The van der Waals surface area contributed by atoms with Gasteiger partial charge in [-0.3, -0.25) is 14.4 Å². The van der Waals surface area contributed by atoms with Crippen molar-refractivity contribution in [1.29, 1.82) is 0 Å². The fourth-order valence-electron chi connectivity index (χ4n) is 2.54. The number of esters is 1. The van der Waals surface area contributed by atoms with Crippen molar-refractivity contribution in [1.82, 2.24) is 5.32 Å². The van der Waals surface area contributed by atoms with Crippen molar-refractivity contribution in [3.8, 4) is 0 Å². The van der Waals surface area contributed by atoms with E-state index in [9.17, 15) is 19.5 Å². The standard InChI is InChI=1S/C14H23NO5/c1-3-20-12(17)8-7-11(16)15-10-6-4-5-9-14(10,2)13(18)19/h10H,3-9H2,1-2H3,(H,15,16)(H,18,19). The second kappa shape index (κ2) is 7.26. The summed E-state index contributed by atoms with van der Waals surface area (Å²) in [4.78, 5) is 34.4. The van der Waals surface area contributed by atoms with Gasteiger partial charge in [-0.1, -0.05) is 12.8 Å². The van der Waals surface area contributed by atoms with E-state index < -0.39 is 17.4 Å². The lowest BCUT2D eigenvalue weighted by Gasteiger charge is -2.38. The van der Waals surface area contributed by atoms with Gasteiger partial charge in [0.2, 0.25) is 5.91 Å². The van der Waals surface area contributed by atoms with Gasteiger partial charge in [-0.25, -0.2) is 0 Å². The van der Waals surface area contributed by atoms with Crippen molar-refractivity contribution in [2.75, 3.05) is 6.61 Å². The van der Waals surface area contributed by atoms with Gasteiger partial charge in [-0.15, -0.1) is 0 Å². The zero-order valence-corrected chi connectivity index (χ0v) is 12.1. The Morgan fingerprint density at radius 2 is 2.00 bits per heavy atom. The van der Waals surface area contributed by atoms with E-state index in [1.54, 1.807) is 13.8 Å². The number of carbonyl (C=O) groups is 3. The monoisotopic (exact) mass is 285 g/mol. The van der Waals surface area contributed by atoms with Gasteiger partial charge in [0.25, 0.3) is 0 Å². The molecule has 0 aromatic heterocycles. The van der Waals surface area contributed by atoms with E-state index >= 15 is 0 Å². The van der Waals surface area contributed by atoms with E-state index in [4.69, 9.17) is 4.74 Å². The van der Waals surface area contributed by atoms with Gasteiger partial charge < -0.3 is 15.2 Å². The van der Waals surface area contributed by atoms with Crippen LogP contribution in [-0.2, 0) is 19.1 Å². The zero-order valence-electron chi connectivity index (χ0n) is 12.1. The van der Waals surface area contributed by atoms with Gasteiger partial charge in [0.1, 0.15) is 0 Å². The van der Waals surface area contributed by atoms with Crippen LogP contribution in [0.5, 0.6) is 0 Å². The molecule has 1 rings (SSSR count). The Kier molecular flexibility index (Phi) is 5.98. The maximum absolute atomic E-state index is 11.8. The summed E-state index contributed by atoms with van der Waals surface area (Å²) in [5, 5.41) is 12.1. The number of ether oxygens (including phenoxy) is 1. The van der Waals surface area contributed by atoms with Crippen LogP contribution in [0, 0.1) is 5.41 Å². The Morgan fingerprint density at radius 1 is 1.30 bits per heavy atom. The third-order valence-electron chi connectivity index (χ3n) is 3.89. The SMILES string of the molecule is CCOC(=O)CCC(=O)NC1CCCCC1(C)C(=O)O. The Bertz CT molecular complexity index is 382. The molecule has 2 atom stereocenters. The van der Waals surface area contributed by atoms with Crippen molar-refractivity contribution < 1.29 is 24.2 Å². The molecular formula is C14H23NO5. The fraction of sp³-hybridized carbons (Fsp3) is 0.786. The molecule has 0 aliphatic heterocycles. The molecule has 2 unspecified atom stereocenters. The molecule has 2 N–H and O–H groups in total. The van der Waals surface area contributed by atoms with Crippen LogP contribution in [0.15, 0.2) is 0 Å². The van der Waals surface area contributed by atoms with Gasteiger partial charge in [-0.05, 0) is 26.7 Å². The van der Waals surface area contributed by atoms with Crippen LogP contribution < -0.4 is 5.32 Å². The van der Waals surface area contributed by atoms with E-state index in [0.29, 0.717) is 19.4 Å². The highest BCUT2D eigenvalue weighted by atomic mass is 16.5. The summed E-state index contributed by atoms with van der Waals surface area (Å²) < 4.78 is 4.75.